The summed E-state index contributed by atoms with van der Waals surface area (Å²) < 4.78 is 33.8. The van der Waals surface area contributed by atoms with Gasteiger partial charge in [-0.25, -0.2) is 13.4 Å². The smallest absolute Gasteiger partial charge is 0.326 e. The molecule has 0 aliphatic rings. The van der Waals surface area contributed by atoms with E-state index in [2.05, 4.69) is 30.5 Å². The van der Waals surface area contributed by atoms with E-state index in [1.165, 1.54) is 18.2 Å². The number of nitrogens with one attached hydrogen (secondary N) is 4. The van der Waals surface area contributed by atoms with E-state index in [9.17, 15) is 18.0 Å². The number of carbonyl (C=O) groups excluding carboxylic acids is 2. The Balaban J connectivity index is 1.43. The van der Waals surface area contributed by atoms with Crippen LogP contribution >= 0.6 is 23.2 Å². The summed E-state index contributed by atoms with van der Waals surface area (Å²) in [5.74, 6) is -0.738. The number of rotatable bonds is 12. The van der Waals surface area contributed by atoms with Crippen LogP contribution in [0.1, 0.15) is 16.8 Å². The minimum absolute atomic E-state index is 0.00511. The summed E-state index contributed by atoms with van der Waals surface area (Å²) in [6.07, 6.45) is 3.64. The molecule has 1 amide bonds. The molecule has 2 heterocycles. The summed E-state index contributed by atoms with van der Waals surface area (Å²) in [5, 5.41) is 12.8. The second-order valence-electron chi connectivity index (χ2n) is 8.27. The molecule has 0 saturated carbocycles. The van der Waals surface area contributed by atoms with Gasteiger partial charge in [0, 0.05) is 30.2 Å². The van der Waals surface area contributed by atoms with Gasteiger partial charge < -0.3 is 15.4 Å². The molecule has 0 aliphatic carbocycles. The number of sulfonamides is 1. The van der Waals surface area contributed by atoms with E-state index in [0.29, 0.717) is 29.7 Å². The second-order valence-corrected chi connectivity index (χ2v) is 10.7. The van der Waals surface area contributed by atoms with Crippen LogP contribution in [0.5, 0.6) is 0 Å². The van der Waals surface area contributed by atoms with Crippen molar-refractivity contribution in [3.8, 4) is 0 Å². The Morgan fingerprint density at radius 2 is 1.85 bits per heavy atom. The number of esters is 1. The molecule has 1 unspecified atom stereocenters. The van der Waals surface area contributed by atoms with Crippen molar-refractivity contribution >= 4 is 61.8 Å². The summed E-state index contributed by atoms with van der Waals surface area (Å²) in [6.45, 7) is 0.0621. The van der Waals surface area contributed by atoms with Gasteiger partial charge in [0.2, 0.25) is 10.0 Å². The van der Waals surface area contributed by atoms with E-state index in [4.69, 9.17) is 27.9 Å². The Morgan fingerprint density at radius 1 is 1.05 bits per heavy atom. The number of pyridine rings is 1. The Hall–Kier alpha value is -3.71. The minimum Gasteiger partial charge on any atom is -0.464 e. The van der Waals surface area contributed by atoms with Crippen molar-refractivity contribution in [3.05, 3.63) is 82.6 Å². The number of H-pyrrole nitrogens is 1. The van der Waals surface area contributed by atoms with Crippen molar-refractivity contribution in [2.75, 3.05) is 25.0 Å². The predicted octanol–water partition coefficient (Wildman–Crippen LogP) is 3.39. The summed E-state index contributed by atoms with van der Waals surface area (Å²) in [6, 6.07) is 13.0. The molecule has 1 atom stereocenters. The average molecular weight is 591 g/mol. The van der Waals surface area contributed by atoms with Crippen LogP contribution in [0.2, 0.25) is 10.0 Å². The molecule has 0 spiro atoms. The molecule has 11 nitrogen and oxygen atoms in total. The number of anilines is 1. The number of benzene rings is 2. The molecule has 39 heavy (non-hydrogen) atoms. The van der Waals surface area contributed by atoms with Crippen molar-refractivity contribution in [1.82, 2.24) is 25.2 Å². The largest absolute Gasteiger partial charge is 0.464 e. The van der Waals surface area contributed by atoms with Crippen LogP contribution in [0.3, 0.4) is 0 Å². The van der Waals surface area contributed by atoms with Gasteiger partial charge in [-0.2, -0.15) is 9.82 Å². The zero-order valence-corrected chi connectivity index (χ0v) is 22.7. The third kappa shape index (κ3) is 7.45. The first-order valence-electron chi connectivity index (χ1n) is 11.7. The third-order valence-electron chi connectivity index (χ3n) is 5.48. The number of halogens is 2. The van der Waals surface area contributed by atoms with Gasteiger partial charge in [0.05, 0.1) is 28.4 Å². The summed E-state index contributed by atoms with van der Waals surface area (Å²) >= 11 is 12.2. The van der Waals surface area contributed by atoms with Crippen LogP contribution in [0.4, 0.5) is 5.82 Å². The van der Waals surface area contributed by atoms with Gasteiger partial charge >= 0.3 is 5.97 Å². The molecule has 0 fully saturated rings. The number of hydrogen-bond donors (Lipinski definition) is 4. The van der Waals surface area contributed by atoms with E-state index >= 15 is 0 Å². The van der Waals surface area contributed by atoms with Crippen LogP contribution in [0, 0.1) is 0 Å². The third-order valence-corrected chi connectivity index (χ3v) is 7.90. The number of ether oxygens (including phenoxy) is 1. The van der Waals surface area contributed by atoms with Crippen molar-refractivity contribution in [3.63, 3.8) is 0 Å². The number of amides is 1. The highest BCUT2D eigenvalue weighted by Crippen LogP contribution is 2.29. The molecule has 2 aromatic carbocycles. The van der Waals surface area contributed by atoms with Gasteiger partial charge in [-0.3, -0.25) is 14.7 Å². The fraction of sp³-hybridized carbons (Fsp3) is 0.200. The van der Waals surface area contributed by atoms with E-state index in [0.717, 1.165) is 5.52 Å². The van der Waals surface area contributed by atoms with Gasteiger partial charge in [0.25, 0.3) is 5.91 Å². The Labute approximate surface area is 234 Å². The van der Waals surface area contributed by atoms with E-state index in [1.54, 1.807) is 42.7 Å². The zero-order valence-electron chi connectivity index (χ0n) is 20.4. The summed E-state index contributed by atoms with van der Waals surface area (Å²) in [7, 11) is -4.37. The second kappa shape index (κ2) is 12.9. The normalized spacial score (nSPS) is 12.2. The average Bonchev–Trinajstić information content (AvgIpc) is 3.39. The maximum atomic E-state index is 13.1. The molecule has 0 radical (unpaired) electrons. The lowest BCUT2D eigenvalue weighted by Crippen LogP contribution is -2.49. The zero-order chi connectivity index (χ0) is 27.8. The molecule has 14 heteroatoms. The minimum atomic E-state index is -4.37. The van der Waals surface area contributed by atoms with Gasteiger partial charge in [0.15, 0.2) is 0 Å². The van der Waals surface area contributed by atoms with Crippen LogP contribution in [-0.4, -0.2) is 61.2 Å². The highest BCUT2D eigenvalue weighted by molar-refractivity contribution is 7.89. The number of nitrogens with zero attached hydrogens (tertiary/aromatic N) is 2. The predicted molar refractivity (Wildman–Crippen MR) is 147 cm³/mol. The Kier molecular flexibility index (Phi) is 9.36. The molecule has 0 saturated heterocycles. The van der Waals surface area contributed by atoms with E-state index in [-0.39, 0.29) is 21.5 Å². The maximum Gasteiger partial charge on any atom is 0.326 e. The molecule has 204 valence electrons. The fourth-order valence-corrected chi connectivity index (χ4v) is 5.90. The lowest BCUT2D eigenvalue weighted by atomic mass is 10.1. The standard InChI is InChI=1S/C25H24Cl2N6O5S/c26-18-5-3-6-19(27)23(18)39(36,37)33-21(25(35)38-12-4-11-29-22-7-1-2-10-28-22)15-30-24(34)16-8-9-20-17(13-16)14-31-32-20/h1-3,5-10,13-14,21,33H,4,11-12,15H2,(H,28,29)(H,30,34)(H,31,32). The topological polar surface area (TPSA) is 155 Å². The molecule has 0 aliphatic heterocycles. The SMILES string of the molecule is O=C(NCC(NS(=O)(=O)c1c(Cl)cccc1Cl)C(=O)OCCCNc1ccccn1)c1ccc2[nH]ncc2c1. The van der Waals surface area contributed by atoms with Gasteiger partial charge in [-0.15, -0.1) is 0 Å². The molecule has 4 rings (SSSR count). The van der Waals surface area contributed by atoms with Gasteiger partial charge in [-0.05, 0) is 48.9 Å². The number of aromatic amines is 1. The fourth-order valence-electron chi connectivity index (χ4n) is 3.57. The van der Waals surface area contributed by atoms with Crippen LogP contribution < -0.4 is 15.4 Å². The van der Waals surface area contributed by atoms with Gasteiger partial charge in [-0.1, -0.05) is 35.3 Å². The van der Waals surface area contributed by atoms with Crippen molar-refractivity contribution in [2.45, 2.75) is 17.4 Å². The van der Waals surface area contributed by atoms with E-state index in [1.807, 2.05) is 6.07 Å². The lowest BCUT2D eigenvalue weighted by Gasteiger charge is -2.19. The van der Waals surface area contributed by atoms with Crippen molar-refractivity contribution in [1.29, 1.82) is 0 Å². The maximum absolute atomic E-state index is 13.1. The highest BCUT2D eigenvalue weighted by atomic mass is 35.5. The molecule has 2 aromatic heterocycles. The molecule has 4 N–H and O–H groups in total. The van der Waals surface area contributed by atoms with E-state index < -0.39 is 34.5 Å². The van der Waals surface area contributed by atoms with Crippen molar-refractivity contribution in [2.24, 2.45) is 0 Å². The van der Waals surface area contributed by atoms with Crippen LogP contribution in [0.15, 0.2) is 71.9 Å². The number of aromatic nitrogens is 3. The van der Waals surface area contributed by atoms with Crippen molar-refractivity contribution < 1.29 is 22.7 Å². The molecular weight excluding hydrogens is 567 g/mol. The monoisotopic (exact) mass is 590 g/mol. The summed E-state index contributed by atoms with van der Waals surface area (Å²) in [5.41, 5.74) is 1.04. The number of hydrogen-bond acceptors (Lipinski definition) is 8. The number of fused-ring (bicyclic) bond motifs is 1. The van der Waals surface area contributed by atoms with Gasteiger partial charge in [0.1, 0.15) is 16.8 Å². The summed E-state index contributed by atoms with van der Waals surface area (Å²) in [4.78, 5) is 29.5. The van der Waals surface area contributed by atoms with Crippen LogP contribution in [0.25, 0.3) is 10.9 Å². The van der Waals surface area contributed by atoms with Crippen LogP contribution in [-0.2, 0) is 19.6 Å². The molecular formula is C25H24Cl2N6O5S. The first-order chi connectivity index (χ1) is 18.7. The lowest BCUT2D eigenvalue weighted by molar-refractivity contribution is -0.145. The Bertz CT molecular complexity index is 1550. The first-order valence-corrected chi connectivity index (χ1v) is 14.0. The molecule has 0 bridgehead atoms. The highest BCUT2D eigenvalue weighted by Gasteiger charge is 2.30. The first kappa shape index (κ1) is 28.3. The molecule has 4 aromatic rings. The number of carbonyl (C=O) groups is 2. The quantitative estimate of drug-likeness (QED) is 0.144. The Morgan fingerprint density at radius 3 is 2.59 bits per heavy atom.